The molecule has 1 heterocycles. The number of fused-ring (bicyclic) bond motifs is 1. The van der Waals surface area contributed by atoms with Gasteiger partial charge in [-0.1, -0.05) is 36.0 Å². The molecule has 0 spiro atoms. The summed E-state index contributed by atoms with van der Waals surface area (Å²) in [6.07, 6.45) is 4.44. The highest BCUT2D eigenvalue weighted by molar-refractivity contribution is 7.99. The van der Waals surface area contributed by atoms with Crippen molar-refractivity contribution in [3.8, 4) is 0 Å². The van der Waals surface area contributed by atoms with Gasteiger partial charge in [0, 0.05) is 12.3 Å². The van der Waals surface area contributed by atoms with Gasteiger partial charge in [-0.15, -0.1) is 0 Å². The molecule has 8 nitrogen and oxygen atoms in total. The van der Waals surface area contributed by atoms with Gasteiger partial charge < -0.3 is 4.98 Å². The van der Waals surface area contributed by atoms with E-state index in [1.807, 2.05) is 24.3 Å². The van der Waals surface area contributed by atoms with Gasteiger partial charge in [0.15, 0.2) is 5.16 Å². The topological polar surface area (TPSA) is 113 Å². The van der Waals surface area contributed by atoms with E-state index in [4.69, 9.17) is 0 Å². The fraction of sp³-hybridized carbons (Fsp3) is 0.0556. The van der Waals surface area contributed by atoms with Crippen LogP contribution in [0.5, 0.6) is 0 Å². The number of carbonyl (C=O) groups is 1. The highest BCUT2D eigenvalue weighted by atomic mass is 32.2. The van der Waals surface area contributed by atoms with E-state index >= 15 is 0 Å². The van der Waals surface area contributed by atoms with Gasteiger partial charge in [-0.3, -0.25) is 14.9 Å². The van der Waals surface area contributed by atoms with Crippen LogP contribution in [0.3, 0.4) is 0 Å². The summed E-state index contributed by atoms with van der Waals surface area (Å²) in [5.74, 6) is -0.124. The smallest absolute Gasteiger partial charge is 0.276 e. The Morgan fingerprint density at radius 2 is 2.04 bits per heavy atom. The molecule has 0 saturated carbocycles. The molecule has 3 aromatic rings. The molecule has 2 aromatic carbocycles. The fourth-order valence-electron chi connectivity index (χ4n) is 2.26. The Bertz CT molecular complexity index is 996. The number of hydrazone groups is 1. The molecule has 2 N–H and O–H groups in total. The van der Waals surface area contributed by atoms with Crippen LogP contribution in [0.2, 0.25) is 0 Å². The first-order chi connectivity index (χ1) is 13.1. The summed E-state index contributed by atoms with van der Waals surface area (Å²) < 4.78 is 0. The van der Waals surface area contributed by atoms with Gasteiger partial charge >= 0.3 is 0 Å². The second-order valence-corrected chi connectivity index (χ2v) is 6.30. The number of H-pyrrole nitrogens is 1. The highest BCUT2D eigenvalue weighted by Gasteiger charge is 2.08. The molecule has 27 heavy (non-hydrogen) atoms. The first-order valence-electron chi connectivity index (χ1n) is 7.93. The Balaban J connectivity index is 1.48. The van der Waals surface area contributed by atoms with Gasteiger partial charge in [0.25, 0.3) is 11.6 Å². The zero-order valence-electron chi connectivity index (χ0n) is 14.0. The molecule has 0 fully saturated rings. The van der Waals surface area contributed by atoms with Crippen molar-refractivity contribution in [2.75, 3.05) is 5.75 Å². The van der Waals surface area contributed by atoms with E-state index < -0.39 is 4.92 Å². The van der Waals surface area contributed by atoms with Crippen molar-refractivity contribution in [2.24, 2.45) is 5.10 Å². The van der Waals surface area contributed by atoms with E-state index in [1.54, 1.807) is 24.3 Å². The Kier molecular flexibility index (Phi) is 5.95. The number of nitro groups is 1. The van der Waals surface area contributed by atoms with Crippen molar-refractivity contribution in [1.82, 2.24) is 15.4 Å². The number of para-hydroxylation sites is 3. The second kappa shape index (κ2) is 8.77. The number of benzene rings is 2. The number of rotatable bonds is 7. The number of hydrogen-bond acceptors (Lipinski definition) is 6. The SMILES string of the molecule is O=C(CSc1nc2ccccc2[nH]1)N/N=C\C=C\c1ccccc1[N+](=O)[O-]. The van der Waals surface area contributed by atoms with Crippen LogP contribution in [-0.4, -0.2) is 32.8 Å². The van der Waals surface area contributed by atoms with E-state index in [2.05, 4.69) is 20.5 Å². The zero-order chi connectivity index (χ0) is 19.1. The molecule has 0 aliphatic carbocycles. The first-order valence-corrected chi connectivity index (χ1v) is 8.91. The largest absolute Gasteiger partial charge is 0.333 e. The molecule has 0 unspecified atom stereocenters. The molecule has 0 atom stereocenters. The van der Waals surface area contributed by atoms with Gasteiger partial charge in [0.2, 0.25) is 0 Å². The summed E-state index contributed by atoms with van der Waals surface area (Å²) in [4.78, 5) is 29.8. The van der Waals surface area contributed by atoms with Crippen molar-refractivity contribution in [3.05, 3.63) is 70.3 Å². The molecule has 9 heteroatoms. The number of amides is 1. The number of aromatic nitrogens is 2. The molecule has 1 aromatic heterocycles. The molecular formula is C18H15N5O3S. The third-order valence-electron chi connectivity index (χ3n) is 3.47. The molecular weight excluding hydrogens is 366 g/mol. The van der Waals surface area contributed by atoms with Gasteiger partial charge in [0.1, 0.15) is 0 Å². The van der Waals surface area contributed by atoms with E-state index in [-0.39, 0.29) is 17.3 Å². The quantitative estimate of drug-likeness (QED) is 0.282. The summed E-state index contributed by atoms with van der Waals surface area (Å²) in [7, 11) is 0. The van der Waals surface area contributed by atoms with E-state index in [0.29, 0.717) is 10.7 Å². The van der Waals surface area contributed by atoms with E-state index in [1.165, 1.54) is 30.1 Å². The number of nitrogens with one attached hydrogen (secondary N) is 2. The Hall–Kier alpha value is -3.46. The lowest BCUT2D eigenvalue weighted by Gasteiger charge is -1.97. The lowest BCUT2D eigenvalue weighted by molar-refractivity contribution is -0.385. The molecule has 0 radical (unpaired) electrons. The van der Waals surface area contributed by atoms with Crippen molar-refractivity contribution in [2.45, 2.75) is 5.16 Å². The molecule has 0 saturated heterocycles. The summed E-state index contributed by atoms with van der Waals surface area (Å²) in [6, 6.07) is 14.0. The summed E-state index contributed by atoms with van der Waals surface area (Å²) in [5, 5.41) is 15.4. The maximum Gasteiger partial charge on any atom is 0.276 e. The monoisotopic (exact) mass is 381 g/mol. The van der Waals surface area contributed by atoms with Crippen molar-refractivity contribution >= 4 is 46.7 Å². The second-order valence-electron chi connectivity index (χ2n) is 5.34. The number of aromatic amines is 1. The standard InChI is InChI=1S/C18H15N5O3S/c24-17(12-27-18-20-14-8-2-3-9-15(14)21-18)22-19-11-5-7-13-6-1-4-10-16(13)23(25)26/h1-11H,12H2,(H,20,21)(H,22,24)/b7-5+,19-11-. The van der Waals surface area contributed by atoms with Crippen LogP contribution >= 0.6 is 11.8 Å². The predicted molar refractivity (Wildman–Crippen MR) is 106 cm³/mol. The fourth-order valence-corrected chi connectivity index (χ4v) is 2.94. The minimum atomic E-state index is -0.451. The first kappa shape index (κ1) is 18.3. The maximum atomic E-state index is 11.8. The molecule has 0 bridgehead atoms. The van der Waals surface area contributed by atoms with Crippen LogP contribution < -0.4 is 5.43 Å². The molecule has 0 aliphatic heterocycles. The number of imidazole rings is 1. The lowest BCUT2D eigenvalue weighted by atomic mass is 10.2. The van der Waals surface area contributed by atoms with Gasteiger partial charge in [-0.25, -0.2) is 10.4 Å². The minimum absolute atomic E-state index is 0.00780. The third-order valence-corrected chi connectivity index (χ3v) is 4.34. The average Bonchev–Trinajstić information content (AvgIpc) is 3.09. The van der Waals surface area contributed by atoms with Gasteiger partial charge in [0.05, 0.1) is 27.3 Å². The van der Waals surface area contributed by atoms with Crippen LogP contribution in [-0.2, 0) is 4.79 Å². The number of allylic oxidation sites excluding steroid dienone is 1. The molecule has 0 aliphatic rings. The summed E-state index contributed by atoms with van der Waals surface area (Å²) in [6.45, 7) is 0. The summed E-state index contributed by atoms with van der Waals surface area (Å²) >= 11 is 1.27. The average molecular weight is 381 g/mol. The van der Waals surface area contributed by atoms with E-state index in [0.717, 1.165) is 11.0 Å². The third kappa shape index (κ3) is 5.02. The van der Waals surface area contributed by atoms with Crippen molar-refractivity contribution < 1.29 is 9.72 Å². The number of thioether (sulfide) groups is 1. The number of carbonyl (C=O) groups excluding carboxylic acids is 1. The van der Waals surface area contributed by atoms with Crippen LogP contribution in [0.15, 0.2) is 64.9 Å². The number of nitrogens with zero attached hydrogens (tertiary/aromatic N) is 3. The van der Waals surface area contributed by atoms with Crippen LogP contribution in [0, 0.1) is 10.1 Å². The van der Waals surface area contributed by atoms with Crippen LogP contribution in [0.25, 0.3) is 17.1 Å². The number of hydrogen-bond donors (Lipinski definition) is 2. The predicted octanol–water partition coefficient (Wildman–Crippen LogP) is 3.38. The maximum absolute atomic E-state index is 11.8. The van der Waals surface area contributed by atoms with Gasteiger partial charge in [-0.05, 0) is 30.4 Å². The van der Waals surface area contributed by atoms with E-state index in [9.17, 15) is 14.9 Å². The van der Waals surface area contributed by atoms with Gasteiger partial charge in [-0.2, -0.15) is 5.10 Å². The molecule has 3 rings (SSSR count). The normalized spacial score (nSPS) is 11.4. The lowest BCUT2D eigenvalue weighted by Crippen LogP contribution is -2.19. The van der Waals surface area contributed by atoms with Crippen molar-refractivity contribution in [3.63, 3.8) is 0 Å². The zero-order valence-corrected chi connectivity index (χ0v) is 14.8. The van der Waals surface area contributed by atoms with Crippen LogP contribution in [0.1, 0.15) is 5.56 Å². The highest BCUT2D eigenvalue weighted by Crippen LogP contribution is 2.19. The Morgan fingerprint density at radius 3 is 2.85 bits per heavy atom. The molecule has 1 amide bonds. The summed E-state index contributed by atoms with van der Waals surface area (Å²) in [5.41, 5.74) is 4.62. The minimum Gasteiger partial charge on any atom is -0.333 e. The van der Waals surface area contributed by atoms with Crippen LogP contribution in [0.4, 0.5) is 5.69 Å². The number of nitro benzene ring substituents is 1. The Labute approximate surface area is 158 Å². The molecule has 136 valence electrons. The Morgan fingerprint density at radius 1 is 1.26 bits per heavy atom. The van der Waals surface area contributed by atoms with Crippen molar-refractivity contribution in [1.29, 1.82) is 0 Å².